The predicted molar refractivity (Wildman–Crippen MR) is 181 cm³/mol. The Labute approximate surface area is 287 Å². The molecule has 10 nitrogen and oxygen atoms in total. The first-order chi connectivity index (χ1) is 22.7. The number of nitrogens with one attached hydrogen (secondary N) is 2. The molecule has 2 aromatic rings. The van der Waals surface area contributed by atoms with Gasteiger partial charge in [0.15, 0.2) is 6.10 Å². The lowest BCUT2D eigenvalue weighted by Gasteiger charge is -2.29. The van der Waals surface area contributed by atoms with Crippen LogP contribution in [0, 0.1) is 24.2 Å². The van der Waals surface area contributed by atoms with Crippen LogP contribution in [0.3, 0.4) is 0 Å². The van der Waals surface area contributed by atoms with Gasteiger partial charge in [-0.25, -0.2) is 4.79 Å². The molecule has 6 unspecified atom stereocenters. The van der Waals surface area contributed by atoms with Gasteiger partial charge in [0.2, 0.25) is 11.8 Å². The quantitative estimate of drug-likeness (QED) is 0.263. The van der Waals surface area contributed by atoms with Crippen LogP contribution < -0.4 is 10.6 Å². The summed E-state index contributed by atoms with van der Waals surface area (Å²) in [6.07, 6.45) is 1.16. The first kappa shape index (κ1) is 37.1. The van der Waals surface area contributed by atoms with Crippen LogP contribution in [0.2, 0.25) is 5.02 Å². The normalized spacial score (nSPS) is 26.6. The fourth-order valence-electron chi connectivity index (χ4n) is 5.56. The summed E-state index contributed by atoms with van der Waals surface area (Å²) in [5, 5.41) is 15.5. The number of cyclic esters (lactones) is 2. The van der Waals surface area contributed by atoms with E-state index in [1.807, 2.05) is 64.1 Å². The minimum absolute atomic E-state index is 0.0114. The van der Waals surface area contributed by atoms with E-state index in [1.54, 1.807) is 26.0 Å². The van der Waals surface area contributed by atoms with Crippen molar-refractivity contribution < 1.29 is 38.5 Å². The lowest BCUT2D eigenvalue weighted by Crippen LogP contribution is -2.51. The molecule has 0 radical (unpaired) electrons. The molecule has 0 saturated carbocycles. The Morgan fingerprint density at radius 3 is 2.33 bits per heavy atom. The summed E-state index contributed by atoms with van der Waals surface area (Å²) in [5.41, 5.74) is 2.17. The molecule has 0 bridgehead atoms. The standard InChI is InChI=1S/C37H47ClN2O8/c1-21(2)16-30-35(44)46-29(23(4)32-33(48-32)26-14-12-24(19-41)13-15-26)8-7-9-31(42)40-28(18-25-11-10-22(3)27(38)17-25)34(43)39-20-37(5,6)36(45)47-30/h7,9-15,17,21,23,28-30,32-33,41H,8,16,18-20H2,1-6H3,(H,39,43)(H,40,42)/b9-7+. The van der Waals surface area contributed by atoms with Crippen LogP contribution in [0.4, 0.5) is 0 Å². The van der Waals surface area contributed by atoms with Crippen LogP contribution >= 0.6 is 11.6 Å². The largest absolute Gasteiger partial charge is 0.459 e. The molecular weight excluding hydrogens is 636 g/mol. The van der Waals surface area contributed by atoms with Crippen molar-refractivity contribution in [2.75, 3.05) is 6.54 Å². The van der Waals surface area contributed by atoms with Gasteiger partial charge >= 0.3 is 11.9 Å². The Kier molecular flexibility index (Phi) is 12.5. The van der Waals surface area contributed by atoms with Gasteiger partial charge in [-0.05, 0) is 67.5 Å². The summed E-state index contributed by atoms with van der Waals surface area (Å²) in [5.74, 6) is -2.60. The third-order valence-electron chi connectivity index (χ3n) is 8.79. The number of epoxide rings is 1. The fraction of sp³-hybridized carbons (Fsp3) is 0.514. The molecule has 2 amide bonds. The average Bonchev–Trinajstić information content (AvgIpc) is 3.84. The Balaban J connectivity index is 1.60. The highest BCUT2D eigenvalue weighted by molar-refractivity contribution is 6.31. The number of aliphatic hydroxyl groups is 1. The molecule has 2 heterocycles. The van der Waals surface area contributed by atoms with Crippen molar-refractivity contribution in [3.05, 3.63) is 81.9 Å². The maximum atomic E-state index is 13.6. The van der Waals surface area contributed by atoms with Crippen LogP contribution in [-0.4, -0.2) is 59.8 Å². The summed E-state index contributed by atoms with van der Waals surface area (Å²) < 4.78 is 17.9. The fourth-order valence-corrected chi connectivity index (χ4v) is 5.76. The van der Waals surface area contributed by atoms with E-state index >= 15 is 0 Å². The summed E-state index contributed by atoms with van der Waals surface area (Å²) >= 11 is 6.33. The first-order valence-corrected chi connectivity index (χ1v) is 16.8. The predicted octanol–water partition coefficient (Wildman–Crippen LogP) is 4.92. The number of halogens is 1. The van der Waals surface area contributed by atoms with E-state index in [0.717, 1.165) is 22.3 Å². The van der Waals surface area contributed by atoms with E-state index in [0.29, 0.717) is 5.02 Å². The lowest BCUT2D eigenvalue weighted by molar-refractivity contribution is -0.179. The van der Waals surface area contributed by atoms with Gasteiger partial charge in [0.1, 0.15) is 18.2 Å². The Bertz CT molecular complexity index is 1510. The molecule has 1 saturated heterocycles. The van der Waals surface area contributed by atoms with Crippen molar-refractivity contribution in [3.8, 4) is 0 Å². The number of ether oxygens (including phenoxy) is 3. The molecule has 48 heavy (non-hydrogen) atoms. The number of carbonyl (C=O) groups excluding carboxylic acids is 4. The van der Waals surface area contributed by atoms with Crippen molar-refractivity contribution in [2.24, 2.45) is 17.3 Å². The van der Waals surface area contributed by atoms with E-state index in [-0.39, 0.29) is 56.5 Å². The number of aryl methyl sites for hydroxylation is 1. The van der Waals surface area contributed by atoms with Crippen molar-refractivity contribution in [1.29, 1.82) is 0 Å². The molecule has 11 heteroatoms. The van der Waals surface area contributed by atoms with Gasteiger partial charge in [0, 0.05) is 30.3 Å². The molecular formula is C37H47ClN2O8. The highest BCUT2D eigenvalue weighted by Gasteiger charge is 2.48. The molecule has 2 aromatic carbocycles. The molecule has 6 atom stereocenters. The Morgan fingerprint density at radius 1 is 1.00 bits per heavy atom. The molecule has 0 spiro atoms. The third-order valence-corrected chi connectivity index (χ3v) is 9.20. The van der Waals surface area contributed by atoms with Gasteiger partial charge in [-0.3, -0.25) is 14.4 Å². The molecule has 2 aliphatic heterocycles. The third kappa shape index (κ3) is 9.90. The van der Waals surface area contributed by atoms with Crippen molar-refractivity contribution in [3.63, 3.8) is 0 Å². The number of esters is 2. The maximum absolute atomic E-state index is 13.6. The minimum Gasteiger partial charge on any atom is -0.459 e. The van der Waals surface area contributed by atoms with Gasteiger partial charge in [-0.15, -0.1) is 0 Å². The summed E-state index contributed by atoms with van der Waals surface area (Å²) in [4.78, 5) is 53.6. The zero-order valence-electron chi connectivity index (χ0n) is 28.5. The van der Waals surface area contributed by atoms with E-state index in [4.69, 9.17) is 25.8 Å². The van der Waals surface area contributed by atoms with Gasteiger partial charge in [-0.2, -0.15) is 0 Å². The zero-order valence-corrected chi connectivity index (χ0v) is 29.2. The Hall–Kier alpha value is -3.73. The molecule has 4 rings (SSSR count). The number of benzene rings is 2. The number of rotatable bonds is 8. The molecule has 260 valence electrons. The number of hydrogen-bond acceptors (Lipinski definition) is 8. The summed E-state index contributed by atoms with van der Waals surface area (Å²) in [7, 11) is 0. The summed E-state index contributed by atoms with van der Waals surface area (Å²) in [6, 6.07) is 12.0. The topological polar surface area (TPSA) is 144 Å². The second-order valence-corrected chi connectivity index (χ2v) is 14.3. The minimum atomic E-state index is -1.20. The molecule has 2 aliphatic rings. The lowest BCUT2D eigenvalue weighted by atomic mass is 9.92. The van der Waals surface area contributed by atoms with Crippen molar-refractivity contribution in [2.45, 2.75) is 97.9 Å². The van der Waals surface area contributed by atoms with E-state index in [9.17, 15) is 24.3 Å². The molecule has 0 aliphatic carbocycles. The maximum Gasteiger partial charge on any atom is 0.347 e. The van der Waals surface area contributed by atoms with E-state index in [2.05, 4.69) is 10.6 Å². The highest BCUT2D eigenvalue weighted by atomic mass is 35.5. The average molecular weight is 683 g/mol. The number of carbonyl (C=O) groups is 4. The Morgan fingerprint density at radius 2 is 1.69 bits per heavy atom. The number of amides is 2. The smallest absolute Gasteiger partial charge is 0.347 e. The van der Waals surface area contributed by atoms with Gasteiger partial charge in [-0.1, -0.05) is 74.8 Å². The van der Waals surface area contributed by atoms with E-state index in [1.165, 1.54) is 6.08 Å². The highest BCUT2D eigenvalue weighted by Crippen LogP contribution is 2.45. The first-order valence-electron chi connectivity index (χ1n) is 16.4. The number of aliphatic hydroxyl groups excluding tert-OH is 1. The van der Waals surface area contributed by atoms with Crippen molar-refractivity contribution in [1.82, 2.24) is 10.6 Å². The number of hydrogen-bond donors (Lipinski definition) is 3. The van der Waals surface area contributed by atoms with Gasteiger partial charge in [0.25, 0.3) is 0 Å². The van der Waals surface area contributed by atoms with Gasteiger partial charge in [0.05, 0.1) is 18.1 Å². The van der Waals surface area contributed by atoms with Crippen LogP contribution in [0.15, 0.2) is 54.6 Å². The second-order valence-electron chi connectivity index (χ2n) is 13.9. The summed E-state index contributed by atoms with van der Waals surface area (Å²) in [6.45, 7) is 10.7. The van der Waals surface area contributed by atoms with Gasteiger partial charge < -0.3 is 30.0 Å². The van der Waals surface area contributed by atoms with Crippen LogP contribution in [0.1, 0.15) is 75.8 Å². The molecule has 0 aromatic heterocycles. The second kappa shape index (κ2) is 16.1. The zero-order chi connectivity index (χ0) is 35.2. The van der Waals surface area contributed by atoms with Crippen LogP contribution in [0.5, 0.6) is 0 Å². The van der Waals surface area contributed by atoms with Crippen molar-refractivity contribution >= 4 is 35.4 Å². The monoisotopic (exact) mass is 682 g/mol. The molecule has 3 N–H and O–H groups in total. The SMILES string of the molecule is Cc1ccc(CC2NC(=O)/C=C/CC(C(C)C3OC3c3ccc(CO)cc3)OC(=O)C(CC(C)C)OC(=O)C(C)(C)CNC2=O)cc1Cl. The van der Waals surface area contributed by atoms with Crippen LogP contribution in [0.25, 0.3) is 0 Å². The molecule has 1 fully saturated rings. The van der Waals surface area contributed by atoms with E-state index < -0.39 is 47.4 Å². The van der Waals surface area contributed by atoms with Crippen LogP contribution in [-0.2, 0) is 46.4 Å².